The van der Waals surface area contributed by atoms with E-state index in [0.29, 0.717) is 5.02 Å². The summed E-state index contributed by atoms with van der Waals surface area (Å²) >= 11 is 5.98. The number of anilines is 1. The van der Waals surface area contributed by atoms with Crippen LogP contribution in [0.15, 0.2) is 24.5 Å². The van der Waals surface area contributed by atoms with Crippen molar-refractivity contribution in [3.63, 3.8) is 0 Å². The first kappa shape index (κ1) is 15.0. The highest BCUT2D eigenvalue weighted by molar-refractivity contribution is 6.31. The predicted octanol–water partition coefficient (Wildman–Crippen LogP) is 3.43. The minimum atomic E-state index is 0.696. The maximum atomic E-state index is 5.98. The summed E-state index contributed by atoms with van der Waals surface area (Å²) < 4.78 is 0. The highest BCUT2D eigenvalue weighted by Gasteiger charge is 2.04. The smallest absolute Gasteiger partial charge is 0.137 e. The van der Waals surface area contributed by atoms with E-state index in [1.54, 1.807) is 6.33 Å². The van der Waals surface area contributed by atoms with Crippen LogP contribution in [0.5, 0.6) is 0 Å². The van der Waals surface area contributed by atoms with Crippen LogP contribution in [-0.4, -0.2) is 41.5 Å². The lowest BCUT2D eigenvalue weighted by Gasteiger charge is -2.16. The highest BCUT2D eigenvalue weighted by atomic mass is 35.5. The van der Waals surface area contributed by atoms with E-state index >= 15 is 0 Å². The Labute approximate surface area is 125 Å². The number of halogens is 1. The number of unbranched alkanes of at least 4 members (excludes halogenated alkanes) is 1. The Morgan fingerprint density at radius 1 is 1.25 bits per heavy atom. The van der Waals surface area contributed by atoms with Gasteiger partial charge in [0.25, 0.3) is 0 Å². The molecule has 1 aromatic carbocycles. The molecule has 0 aliphatic heterocycles. The molecule has 0 amide bonds. The molecular weight excluding hydrogens is 272 g/mol. The molecule has 0 saturated carbocycles. The van der Waals surface area contributed by atoms with Crippen LogP contribution in [0.25, 0.3) is 10.9 Å². The van der Waals surface area contributed by atoms with Crippen LogP contribution < -0.4 is 5.32 Å². The van der Waals surface area contributed by atoms with Gasteiger partial charge in [0.15, 0.2) is 0 Å². The molecule has 0 aliphatic rings. The number of fused-ring (bicyclic) bond motifs is 1. The van der Waals surface area contributed by atoms with E-state index in [2.05, 4.69) is 34.2 Å². The van der Waals surface area contributed by atoms with E-state index < -0.39 is 0 Å². The Bertz CT molecular complexity index is 559. The van der Waals surface area contributed by atoms with E-state index in [-0.39, 0.29) is 0 Å². The van der Waals surface area contributed by atoms with Gasteiger partial charge in [-0.3, -0.25) is 0 Å². The first-order valence-electron chi connectivity index (χ1n) is 7.03. The number of nitrogens with zero attached hydrogens (tertiary/aromatic N) is 3. The Balaban J connectivity index is 1.96. The first-order chi connectivity index (χ1) is 9.70. The van der Waals surface area contributed by atoms with Crippen molar-refractivity contribution in [2.45, 2.75) is 19.8 Å². The molecule has 1 N–H and O–H groups in total. The second-order valence-electron chi connectivity index (χ2n) is 4.97. The van der Waals surface area contributed by atoms with Crippen molar-refractivity contribution in [3.05, 3.63) is 29.5 Å². The molecule has 0 fully saturated rings. The van der Waals surface area contributed by atoms with Gasteiger partial charge in [0.2, 0.25) is 0 Å². The summed E-state index contributed by atoms with van der Waals surface area (Å²) in [5, 5.41) is 5.08. The number of benzene rings is 1. The van der Waals surface area contributed by atoms with Crippen molar-refractivity contribution in [2.24, 2.45) is 0 Å². The summed E-state index contributed by atoms with van der Waals surface area (Å²) in [5.41, 5.74) is 0.870. The molecule has 1 aromatic heterocycles. The molecule has 2 rings (SSSR count). The molecule has 108 valence electrons. The molecular formula is C15H21ClN4. The fraction of sp³-hybridized carbons (Fsp3) is 0.467. The minimum absolute atomic E-state index is 0.696. The van der Waals surface area contributed by atoms with Gasteiger partial charge in [-0.1, -0.05) is 24.9 Å². The molecule has 1 heterocycles. The van der Waals surface area contributed by atoms with E-state index in [4.69, 9.17) is 11.6 Å². The zero-order valence-corrected chi connectivity index (χ0v) is 12.8. The Kier molecular flexibility index (Phi) is 5.56. The monoisotopic (exact) mass is 292 g/mol. The fourth-order valence-corrected chi connectivity index (χ4v) is 2.24. The predicted molar refractivity (Wildman–Crippen MR) is 85.4 cm³/mol. The first-order valence-corrected chi connectivity index (χ1v) is 7.41. The number of aromatic nitrogens is 2. The van der Waals surface area contributed by atoms with Crippen LogP contribution in [0.3, 0.4) is 0 Å². The number of rotatable bonds is 7. The lowest BCUT2D eigenvalue weighted by molar-refractivity contribution is 0.340. The molecule has 2 aromatic rings. The quantitative estimate of drug-likeness (QED) is 0.849. The maximum absolute atomic E-state index is 5.98. The summed E-state index contributed by atoms with van der Waals surface area (Å²) in [6, 6.07) is 5.68. The van der Waals surface area contributed by atoms with Crippen LogP contribution in [0.2, 0.25) is 5.02 Å². The summed E-state index contributed by atoms with van der Waals surface area (Å²) in [5.74, 6) is 0.871. The van der Waals surface area contributed by atoms with Crippen molar-refractivity contribution in [1.82, 2.24) is 14.9 Å². The molecule has 0 atom stereocenters. The van der Waals surface area contributed by atoms with Crippen molar-refractivity contribution >= 4 is 28.3 Å². The second-order valence-corrected chi connectivity index (χ2v) is 5.40. The van der Waals surface area contributed by atoms with Gasteiger partial charge in [0.1, 0.15) is 12.1 Å². The molecule has 20 heavy (non-hydrogen) atoms. The van der Waals surface area contributed by atoms with Crippen molar-refractivity contribution < 1.29 is 0 Å². The molecule has 0 unspecified atom stereocenters. The van der Waals surface area contributed by atoms with Crippen LogP contribution >= 0.6 is 11.6 Å². The largest absolute Gasteiger partial charge is 0.368 e. The van der Waals surface area contributed by atoms with E-state index in [1.807, 2.05) is 18.2 Å². The third-order valence-corrected chi connectivity index (χ3v) is 3.51. The summed E-state index contributed by atoms with van der Waals surface area (Å²) in [7, 11) is 2.15. The van der Waals surface area contributed by atoms with Crippen molar-refractivity contribution in [3.8, 4) is 0 Å². The highest BCUT2D eigenvalue weighted by Crippen LogP contribution is 2.22. The number of likely N-dealkylation sites (N-methyl/N-ethyl adjacent to an activating group) is 1. The zero-order chi connectivity index (χ0) is 14.4. The summed E-state index contributed by atoms with van der Waals surface area (Å²) in [6.07, 6.45) is 4.04. The third kappa shape index (κ3) is 4.05. The average Bonchev–Trinajstić information content (AvgIpc) is 2.45. The zero-order valence-electron chi connectivity index (χ0n) is 12.1. The van der Waals surface area contributed by atoms with Gasteiger partial charge >= 0.3 is 0 Å². The molecule has 5 heteroatoms. The van der Waals surface area contributed by atoms with Crippen LogP contribution in [-0.2, 0) is 0 Å². The van der Waals surface area contributed by atoms with Crippen LogP contribution in [0, 0.1) is 0 Å². The molecule has 0 saturated heterocycles. The average molecular weight is 293 g/mol. The van der Waals surface area contributed by atoms with Gasteiger partial charge < -0.3 is 10.2 Å². The van der Waals surface area contributed by atoms with E-state index in [9.17, 15) is 0 Å². The van der Waals surface area contributed by atoms with E-state index in [0.717, 1.165) is 36.4 Å². The van der Waals surface area contributed by atoms with Crippen LogP contribution in [0.1, 0.15) is 19.8 Å². The third-order valence-electron chi connectivity index (χ3n) is 3.28. The number of hydrogen-bond donors (Lipinski definition) is 1. The van der Waals surface area contributed by atoms with Gasteiger partial charge in [0, 0.05) is 23.5 Å². The van der Waals surface area contributed by atoms with Crippen LogP contribution in [0.4, 0.5) is 5.82 Å². The van der Waals surface area contributed by atoms with Gasteiger partial charge in [-0.15, -0.1) is 0 Å². The second kappa shape index (κ2) is 7.41. The minimum Gasteiger partial charge on any atom is -0.368 e. The lowest BCUT2D eigenvalue weighted by Crippen LogP contribution is -2.26. The van der Waals surface area contributed by atoms with E-state index in [1.165, 1.54) is 12.8 Å². The lowest BCUT2D eigenvalue weighted by atomic mass is 10.2. The van der Waals surface area contributed by atoms with Gasteiger partial charge in [-0.25, -0.2) is 9.97 Å². The summed E-state index contributed by atoms with van der Waals surface area (Å²) in [4.78, 5) is 10.9. The SMILES string of the molecule is CCCCN(C)CCNc1ncnc2cc(Cl)ccc12. The van der Waals surface area contributed by atoms with Crippen molar-refractivity contribution in [2.75, 3.05) is 32.0 Å². The van der Waals surface area contributed by atoms with Gasteiger partial charge in [-0.05, 0) is 38.2 Å². The Morgan fingerprint density at radius 3 is 2.90 bits per heavy atom. The normalized spacial score (nSPS) is 11.2. The molecule has 0 bridgehead atoms. The number of nitrogens with one attached hydrogen (secondary N) is 1. The van der Waals surface area contributed by atoms with Gasteiger partial charge in [0.05, 0.1) is 5.52 Å². The maximum Gasteiger partial charge on any atom is 0.137 e. The fourth-order valence-electron chi connectivity index (χ4n) is 2.08. The molecule has 4 nitrogen and oxygen atoms in total. The topological polar surface area (TPSA) is 41.0 Å². The Morgan fingerprint density at radius 2 is 2.10 bits per heavy atom. The molecule has 0 spiro atoms. The number of hydrogen-bond acceptors (Lipinski definition) is 4. The summed E-state index contributed by atoms with van der Waals surface area (Å²) in [6.45, 7) is 5.22. The van der Waals surface area contributed by atoms with Crippen molar-refractivity contribution in [1.29, 1.82) is 0 Å². The molecule has 0 radical (unpaired) electrons. The standard InChI is InChI=1S/C15H21ClN4/c1-3-4-8-20(2)9-7-17-15-13-6-5-12(16)10-14(13)18-11-19-15/h5-6,10-11H,3-4,7-9H2,1-2H3,(H,17,18,19). The van der Waals surface area contributed by atoms with Gasteiger partial charge in [-0.2, -0.15) is 0 Å². The Hall–Kier alpha value is -1.39. The molecule has 0 aliphatic carbocycles.